The van der Waals surface area contributed by atoms with E-state index in [2.05, 4.69) is 16.0 Å². The van der Waals surface area contributed by atoms with Gasteiger partial charge < -0.3 is 16.0 Å². The average Bonchev–Trinajstić information content (AvgIpc) is 3.41. The van der Waals surface area contributed by atoms with Gasteiger partial charge in [0.15, 0.2) is 0 Å². The predicted octanol–water partition coefficient (Wildman–Crippen LogP) is 3.01. The van der Waals surface area contributed by atoms with E-state index in [-0.39, 0.29) is 18.0 Å². The quantitative estimate of drug-likeness (QED) is 0.758. The number of carbonyl (C=O) groups is 2. The van der Waals surface area contributed by atoms with Crippen LogP contribution in [0.2, 0.25) is 0 Å². The predicted molar refractivity (Wildman–Crippen MR) is 98.4 cm³/mol. The lowest BCUT2D eigenvalue weighted by Gasteiger charge is -2.19. The molecule has 1 atom stereocenters. The first-order valence-electron chi connectivity index (χ1n) is 8.58. The third-order valence-corrected chi connectivity index (χ3v) is 4.14. The van der Waals surface area contributed by atoms with Gasteiger partial charge in [-0.1, -0.05) is 48.0 Å². The van der Waals surface area contributed by atoms with Crippen LogP contribution in [0.5, 0.6) is 0 Å². The van der Waals surface area contributed by atoms with Crippen LogP contribution in [-0.4, -0.2) is 24.0 Å². The first-order valence-corrected chi connectivity index (χ1v) is 8.58. The third kappa shape index (κ3) is 5.35. The zero-order valence-electron chi connectivity index (χ0n) is 14.3. The van der Waals surface area contributed by atoms with Gasteiger partial charge in [-0.15, -0.1) is 0 Å². The summed E-state index contributed by atoms with van der Waals surface area (Å²) in [4.78, 5) is 24.8. The van der Waals surface area contributed by atoms with E-state index in [1.54, 1.807) is 0 Å². The van der Waals surface area contributed by atoms with Crippen molar-refractivity contribution in [1.82, 2.24) is 10.6 Å². The van der Waals surface area contributed by atoms with Crippen molar-refractivity contribution in [3.05, 3.63) is 65.7 Å². The van der Waals surface area contributed by atoms with Crippen LogP contribution in [-0.2, 0) is 11.2 Å². The molecule has 0 spiro atoms. The van der Waals surface area contributed by atoms with Gasteiger partial charge in [-0.3, -0.25) is 4.79 Å². The second-order valence-corrected chi connectivity index (χ2v) is 6.49. The van der Waals surface area contributed by atoms with Crippen LogP contribution in [0.25, 0.3) is 0 Å². The van der Waals surface area contributed by atoms with Crippen LogP contribution >= 0.6 is 0 Å². The van der Waals surface area contributed by atoms with E-state index < -0.39 is 6.04 Å². The van der Waals surface area contributed by atoms with Crippen molar-refractivity contribution < 1.29 is 9.59 Å². The Morgan fingerprint density at radius 1 is 1.04 bits per heavy atom. The number of benzene rings is 2. The molecule has 1 aliphatic carbocycles. The van der Waals surface area contributed by atoms with Crippen molar-refractivity contribution in [2.24, 2.45) is 0 Å². The van der Waals surface area contributed by atoms with Crippen molar-refractivity contribution >= 4 is 17.6 Å². The van der Waals surface area contributed by atoms with Crippen LogP contribution in [0.15, 0.2) is 54.6 Å². The number of aryl methyl sites for hydroxylation is 1. The van der Waals surface area contributed by atoms with Gasteiger partial charge in [-0.05, 0) is 37.5 Å². The molecule has 5 nitrogen and oxygen atoms in total. The lowest BCUT2D eigenvalue weighted by Crippen LogP contribution is -2.49. The minimum atomic E-state index is -0.603. The molecule has 2 aromatic carbocycles. The first kappa shape index (κ1) is 17.0. The molecule has 0 radical (unpaired) electrons. The van der Waals surface area contributed by atoms with Crippen LogP contribution < -0.4 is 16.0 Å². The number of anilines is 1. The maximum Gasteiger partial charge on any atom is 0.319 e. The molecule has 2 aromatic rings. The maximum absolute atomic E-state index is 12.5. The minimum absolute atomic E-state index is 0.134. The molecular formula is C20H23N3O2. The molecule has 25 heavy (non-hydrogen) atoms. The summed E-state index contributed by atoms with van der Waals surface area (Å²) in [5.41, 5.74) is 2.83. The van der Waals surface area contributed by atoms with Gasteiger partial charge in [0.05, 0.1) is 0 Å². The third-order valence-electron chi connectivity index (χ3n) is 4.14. The zero-order chi connectivity index (χ0) is 17.6. The number of carbonyl (C=O) groups excluding carboxylic acids is 2. The highest BCUT2D eigenvalue weighted by Crippen LogP contribution is 2.19. The van der Waals surface area contributed by atoms with Crippen LogP contribution in [0.1, 0.15) is 24.0 Å². The molecule has 0 heterocycles. The Kier molecular flexibility index (Phi) is 5.33. The lowest BCUT2D eigenvalue weighted by atomic mass is 10.1. The number of rotatable bonds is 6. The highest BCUT2D eigenvalue weighted by molar-refractivity contribution is 5.94. The molecule has 1 fully saturated rings. The molecule has 1 aliphatic rings. The Morgan fingerprint density at radius 3 is 2.36 bits per heavy atom. The van der Waals surface area contributed by atoms with Gasteiger partial charge in [-0.25, -0.2) is 4.79 Å². The number of hydrogen-bond acceptors (Lipinski definition) is 2. The normalized spacial score (nSPS) is 14.4. The second-order valence-electron chi connectivity index (χ2n) is 6.49. The van der Waals surface area contributed by atoms with Crippen molar-refractivity contribution in [2.75, 3.05) is 5.32 Å². The molecule has 0 bridgehead atoms. The van der Waals surface area contributed by atoms with E-state index in [0.29, 0.717) is 12.1 Å². The Labute approximate surface area is 147 Å². The summed E-state index contributed by atoms with van der Waals surface area (Å²) in [5.74, 6) is -0.134. The number of amides is 3. The second kappa shape index (κ2) is 7.83. The molecule has 0 aliphatic heterocycles. The van der Waals surface area contributed by atoms with E-state index in [0.717, 1.165) is 24.0 Å². The molecule has 0 saturated heterocycles. The molecular weight excluding hydrogens is 314 g/mol. The average molecular weight is 337 g/mol. The van der Waals surface area contributed by atoms with Crippen molar-refractivity contribution in [3.8, 4) is 0 Å². The Hall–Kier alpha value is -2.82. The smallest absolute Gasteiger partial charge is 0.319 e. The molecule has 3 rings (SSSR count). The van der Waals surface area contributed by atoms with Gasteiger partial charge in [0.25, 0.3) is 0 Å². The Morgan fingerprint density at radius 2 is 1.72 bits per heavy atom. The minimum Gasteiger partial charge on any atom is -0.352 e. The van der Waals surface area contributed by atoms with Gasteiger partial charge >= 0.3 is 6.03 Å². The molecule has 0 aromatic heterocycles. The fourth-order valence-electron chi connectivity index (χ4n) is 2.55. The van der Waals surface area contributed by atoms with E-state index in [1.807, 2.05) is 61.5 Å². The molecule has 5 heteroatoms. The first-order chi connectivity index (χ1) is 12.1. The largest absolute Gasteiger partial charge is 0.352 e. The summed E-state index contributed by atoms with van der Waals surface area (Å²) in [6.45, 7) is 1.99. The van der Waals surface area contributed by atoms with Gasteiger partial charge in [0.2, 0.25) is 5.91 Å². The van der Waals surface area contributed by atoms with Crippen LogP contribution in [0, 0.1) is 6.92 Å². The zero-order valence-corrected chi connectivity index (χ0v) is 14.3. The Bertz CT molecular complexity index is 724. The topological polar surface area (TPSA) is 70.2 Å². The van der Waals surface area contributed by atoms with E-state index in [4.69, 9.17) is 0 Å². The van der Waals surface area contributed by atoms with E-state index in [9.17, 15) is 9.59 Å². The van der Waals surface area contributed by atoms with Crippen molar-refractivity contribution in [1.29, 1.82) is 0 Å². The molecule has 3 amide bonds. The fraction of sp³-hybridized carbons (Fsp3) is 0.300. The Balaban J connectivity index is 1.64. The van der Waals surface area contributed by atoms with Gasteiger partial charge in [0.1, 0.15) is 6.04 Å². The lowest BCUT2D eigenvalue weighted by molar-refractivity contribution is -0.123. The molecule has 1 saturated carbocycles. The SMILES string of the molecule is Cc1ccc(NC(=O)N[C@@H](Cc2ccccc2)C(=O)NC2CC2)cc1. The number of urea groups is 1. The summed E-state index contributed by atoms with van der Waals surface area (Å²) in [6, 6.07) is 16.5. The summed E-state index contributed by atoms with van der Waals surface area (Å²) in [6.07, 6.45) is 2.49. The number of nitrogens with one attached hydrogen (secondary N) is 3. The summed E-state index contributed by atoms with van der Waals surface area (Å²) in [5, 5.41) is 8.55. The molecule has 3 N–H and O–H groups in total. The van der Waals surface area contributed by atoms with E-state index >= 15 is 0 Å². The monoisotopic (exact) mass is 337 g/mol. The number of hydrogen-bond donors (Lipinski definition) is 3. The van der Waals surface area contributed by atoms with Gasteiger partial charge in [-0.2, -0.15) is 0 Å². The molecule has 130 valence electrons. The summed E-state index contributed by atoms with van der Waals surface area (Å²) in [7, 11) is 0. The van der Waals surface area contributed by atoms with Crippen molar-refractivity contribution in [2.45, 2.75) is 38.3 Å². The highest BCUT2D eigenvalue weighted by atomic mass is 16.2. The maximum atomic E-state index is 12.5. The van der Waals surface area contributed by atoms with Gasteiger partial charge in [0, 0.05) is 18.2 Å². The van der Waals surface area contributed by atoms with Crippen LogP contribution in [0.3, 0.4) is 0 Å². The summed E-state index contributed by atoms with van der Waals surface area (Å²) >= 11 is 0. The van der Waals surface area contributed by atoms with E-state index in [1.165, 1.54) is 0 Å². The van der Waals surface area contributed by atoms with Crippen molar-refractivity contribution in [3.63, 3.8) is 0 Å². The fourth-order valence-corrected chi connectivity index (χ4v) is 2.55. The van der Waals surface area contributed by atoms with Crippen LogP contribution in [0.4, 0.5) is 10.5 Å². The highest BCUT2D eigenvalue weighted by Gasteiger charge is 2.28. The molecule has 0 unspecified atom stereocenters. The summed E-state index contributed by atoms with van der Waals surface area (Å²) < 4.78 is 0. The standard InChI is InChI=1S/C20H23N3O2/c1-14-7-9-17(10-8-14)22-20(25)23-18(19(24)21-16-11-12-16)13-15-5-3-2-4-6-15/h2-10,16,18H,11-13H2,1H3,(H,21,24)(H2,22,23,25)/t18-/m0/s1.